The van der Waals surface area contributed by atoms with Crippen LogP contribution >= 0.6 is 12.4 Å². The van der Waals surface area contributed by atoms with Gasteiger partial charge in [0, 0.05) is 17.9 Å². The molecule has 0 aromatic carbocycles. The molecule has 1 aliphatic heterocycles. The highest BCUT2D eigenvalue weighted by Gasteiger charge is 2.18. The molecule has 0 spiro atoms. The van der Waals surface area contributed by atoms with Gasteiger partial charge in [0.05, 0.1) is 15.7 Å². The van der Waals surface area contributed by atoms with E-state index in [-0.39, 0.29) is 24.1 Å². The van der Waals surface area contributed by atoms with Gasteiger partial charge in [-0.2, -0.15) is 0 Å². The zero-order valence-corrected chi connectivity index (χ0v) is 11.2. The van der Waals surface area contributed by atoms with Crippen LogP contribution in [0.5, 0.6) is 0 Å². The third-order valence-corrected chi connectivity index (χ3v) is 4.09. The molecule has 1 aliphatic rings. The van der Waals surface area contributed by atoms with Crippen LogP contribution in [0.1, 0.15) is 12.8 Å². The Morgan fingerprint density at radius 2 is 2.33 bits per heavy atom. The Morgan fingerprint density at radius 3 is 2.83 bits per heavy atom. The van der Waals surface area contributed by atoms with Crippen molar-refractivity contribution in [2.24, 2.45) is 0 Å². The van der Waals surface area contributed by atoms with Crippen molar-refractivity contribution >= 4 is 28.9 Å². The first-order valence-electron chi connectivity index (χ1n) is 5.39. The number of pyridine rings is 1. The molecule has 1 saturated heterocycles. The Kier molecular flexibility index (Phi) is 5.64. The standard InChI is InChI=1S/C10H13N3O3S.ClH/c14-13(15)9-3-4-10(12-6-9)17(16)7-8-2-1-5-11-8;/h3-4,6,8,11H,1-2,5,7H2;1H. The van der Waals surface area contributed by atoms with Gasteiger partial charge in [-0.3, -0.25) is 14.3 Å². The largest absolute Gasteiger partial charge is 0.313 e. The van der Waals surface area contributed by atoms with Crippen LogP contribution in [0.4, 0.5) is 5.69 Å². The monoisotopic (exact) mass is 291 g/mol. The van der Waals surface area contributed by atoms with Crippen molar-refractivity contribution in [3.63, 3.8) is 0 Å². The molecular formula is C10H14ClN3O3S. The number of hydrogen-bond donors (Lipinski definition) is 1. The van der Waals surface area contributed by atoms with Gasteiger partial charge in [0.25, 0.3) is 5.69 Å². The van der Waals surface area contributed by atoms with Crippen LogP contribution in [0, 0.1) is 10.1 Å². The van der Waals surface area contributed by atoms with Crippen LogP contribution < -0.4 is 5.32 Å². The lowest BCUT2D eigenvalue weighted by Crippen LogP contribution is -2.27. The third kappa shape index (κ3) is 3.72. The van der Waals surface area contributed by atoms with E-state index in [0.29, 0.717) is 10.8 Å². The van der Waals surface area contributed by atoms with Gasteiger partial charge in [0.2, 0.25) is 0 Å². The smallest absolute Gasteiger partial charge is 0.287 e. The summed E-state index contributed by atoms with van der Waals surface area (Å²) in [5.74, 6) is 0.519. The molecule has 18 heavy (non-hydrogen) atoms. The minimum absolute atomic E-state index is 0. The van der Waals surface area contributed by atoms with Gasteiger partial charge in [-0.15, -0.1) is 12.4 Å². The van der Waals surface area contributed by atoms with E-state index >= 15 is 0 Å². The average Bonchev–Trinajstić information content (AvgIpc) is 2.82. The van der Waals surface area contributed by atoms with E-state index in [9.17, 15) is 14.3 Å². The zero-order valence-electron chi connectivity index (χ0n) is 9.57. The van der Waals surface area contributed by atoms with E-state index < -0.39 is 15.7 Å². The molecule has 1 aromatic rings. The lowest BCUT2D eigenvalue weighted by atomic mass is 10.3. The topological polar surface area (TPSA) is 85.1 Å². The highest BCUT2D eigenvalue weighted by atomic mass is 35.5. The quantitative estimate of drug-likeness (QED) is 0.667. The molecule has 2 unspecified atom stereocenters. The van der Waals surface area contributed by atoms with Crippen LogP contribution in [0.3, 0.4) is 0 Å². The van der Waals surface area contributed by atoms with E-state index in [1.807, 2.05) is 0 Å². The molecule has 6 nitrogen and oxygen atoms in total. The predicted octanol–water partition coefficient (Wildman–Crippen LogP) is 1.27. The van der Waals surface area contributed by atoms with E-state index in [2.05, 4.69) is 10.3 Å². The Morgan fingerprint density at radius 1 is 1.56 bits per heavy atom. The number of nitro groups is 1. The summed E-state index contributed by atoms with van der Waals surface area (Å²) in [4.78, 5) is 13.8. The van der Waals surface area contributed by atoms with Gasteiger partial charge in [-0.1, -0.05) is 0 Å². The van der Waals surface area contributed by atoms with Crippen molar-refractivity contribution in [1.29, 1.82) is 0 Å². The molecule has 0 bridgehead atoms. The van der Waals surface area contributed by atoms with Crippen molar-refractivity contribution in [1.82, 2.24) is 10.3 Å². The third-order valence-electron chi connectivity index (χ3n) is 2.68. The lowest BCUT2D eigenvalue weighted by Gasteiger charge is -2.08. The summed E-state index contributed by atoms with van der Waals surface area (Å²) in [6, 6.07) is 3.07. The summed E-state index contributed by atoms with van der Waals surface area (Å²) >= 11 is 0. The summed E-state index contributed by atoms with van der Waals surface area (Å²) in [7, 11) is -1.19. The van der Waals surface area contributed by atoms with E-state index in [4.69, 9.17) is 0 Å². The summed E-state index contributed by atoms with van der Waals surface area (Å²) in [5, 5.41) is 14.1. The molecular weight excluding hydrogens is 278 g/mol. The second kappa shape index (κ2) is 6.77. The molecule has 2 atom stereocenters. The maximum Gasteiger partial charge on any atom is 0.287 e. The molecule has 0 amide bonds. The second-order valence-electron chi connectivity index (χ2n) is 3.92. The van der Waals surface area contributed by atoms with Crippen LogP contribution in [0.25, 0.3) is 0 Å². The van der Waals surface area contributed by atoms with Crippen LogP contribution in [-0.4, -0.2) is 32.5 Å². The minimum atomic E-state index is -1.19. The van der Waals surface area contributed by atoms with Crippen LogP contribution in [0.15, 0.2) is 23.4 Å². The lowest BCUT2D eigenvalue weighted by molar-refractivity contribution is -0.385. The van der Waals surface area contributed by atoms with Crippen molar-refractivity contribution in [2.45, 2.75) is 23.9 Å². The van der Waals surface area contributed by atoms with Crippen LogP contribution in [-0.2, 0) is 10.8 Å². The highest BCUT2D eigenvalue weighted by molar-refractivity contribution is 7.85. The molecule has 100 valence electrons. The van der Waals surface area contributed by atoms with Gasteiger partial charge in [0.1, 0.15) is 11.2 Å². The number of rotatable bonds is 4. The fraction of sp³-hybridized carbons (Fsp3) is 0.500. The first-order valence-corrected chi connectivity index (χ1v) is 6.71. The van der Waals surface area contributed by atoms with Crippen molar-refractivity contribution in [2.75, 3.05) is 12.3 Å². The van der Waals surface area contributed by atoms with E-state index in [1.165, 1.54) is 12.1 Å². The Balaban J connectivity index is 0.00000162. The number of hydrogen-bond acceptors (Lipinski definition) is 5. The van der Waals surface area contributed by atoms with Gasteiger partial charge in [-0.25, -0.2) is 4.98 Å². The number of nitrogens with zero attached hydrogens (tertiary/aromatic N) is 2. The SMILES string of the molecule is Cl.O=[N+]([O-])c1ccc(S(=O)CC2CCCN2)nc1. The first-order chi connectivity index (χ1) is 8.16. The van der Waals surface area contributed by atoms with E-state index in [0.717, 1.165) is 25.6 Å². The molecule has 0 saturated carbocycles. The predicted molar refractivity (Wildman–Crippen MR) is 70.4 cm³/mol. The molecule has 2 heterocycles. The maximum absolute atomic E-state index is 11.9. The highest BCUT2D eigenvalue weighted by Crippen LogP contribution is 2.14. The zero-order chi connectivity index (χ0) is 12.3. The fourth-order valence-corrected chi connectivity index (χ4v) is 2.99. The second-order valence-corrected chi connectivity index (χ2v) is 5.36. The fourth-order valence-electron chi connectivity index (χ4n) is 1.78. The average molecular weight is 292 g/mol. The normalized spacial score (nSPS) is 20.1. The summed E-state index contributed by atoms with van der Waals surface area (Å²) < 4.78 is 11.9. The molecule has 1 aromatic heterocycles. The molecule has 1 fully saturated rings. The molecule has 0 aliphatic carbocycles. The molecule has 1 N–H and O–H groups in total. The Bertz CT molecular complexity index is 434. The summed E-state index contributed by atoms with van der Waals surface area (Å²) in [5.41, 5.74) is -0.0789. The minimum Gasteiger partial charge on any atom is -0.313 e. The molecule has 8 heteroatoms. The Labute approximate surface area is 113 Å². The molecule has 2 rings (SSSR count). The number of nitrogens with one attached hydrogen (secondary N) is 1. The number of halogens is 1. The van der Waals surface area contributed by atoms with E-state index in [1.54, 1.807) is 0 Å². The summed E-state index contributed by atoms with van der Waals surface area (Å²) in [6.45, 7) is 0.968. The first kappa shape index (κ1) is 15.0. The molecule has 0 radical (unpaired) electrons. The van der Waals surface area contributed by atoms with Crippen molar-refractivity contribution < 1.29 is 9.13 Å². The van der Waals surface area contributed by atoms with Gasteiger partial charge >= 0.3 is 0 Å². The van der Waals surface area contributed by atoms with Crippen LogP contribution in [0.2, 0.25) is 0 Å². The van der Waals surface area contributed by atoms with Crippen molar-refractivity contribution in [3.05, 3.63) is 28.4 Å². The maximum atomic E-state index is 11.9. The number of aromatic nitrogens is 1. The van der Waals surface area contributed by atoms with Crippen molar-refractivity contribution in [3.8, 4) is 0 Å². The van der Waals surface area contributed by atoms with Gasteiger partial charge in [0.15, 0.2) is 0 Å². The van der Waals surface area contributed by atoms with Gasteiger partial charge < -0.3 is 5.32 Å². The Hall–Kier alpha value is -1.05. The van der Waals surface area contributed by atoms with Gasteiger partial charge in [-0.05, 0) is 25.5 Å². The summed E-state index contributed by atoms with van der Waals surface area (Å²) in [6.07, 6.45) is 3.28.